The van der Waals surface area contributed by atoms with Gasteiger partial charge in [0.1, 0.15) is 0 Å². The van der Waals surface area contributed by atoms with Crippen molar-refractivity contribution in [3.8, 4) is 0 Å². The highest BCUT2D eigenvalue weighted by molar-refractivity contribution is 5.66. The predicted octanol–water partition coefficient (Wildman–Crippen LogP) is 4.44. The van der Waals surface area contributed by atoms with Crippen LogP contribution in [0.1, 0.15) is 36.8 Å². The number of hydrogen-bond acceptors (Lipinski definition) is 1. The maximum Gasteiger partial charge on any atom is 0.416 e. The molecule has 0 saturated carbocycles. The normalized spacial score (nSPS) is 12.4. The Kier molecular flexibility index (Phi) is 5.08. The van der Waals surface area contributed by atoms with Gasteiger partial charge in [0.25, 0.3) is 5.92 Å². The number of aliphatic carboxylic acids is 1. The average Bonchev–Trinajstić information content (AvgIpc) is 2.34. The van der Waals surface area contributed by atoms with Crippen molar-refractivity contribution in [3.63, 3.8) is 0 Å². The van der Waals surface area contributed by atoms with Crippen molar-refractivity contribution in [3.05, 3.63) is 35.4 Å². The zero-order chi connectivity index (χ0) is 15.4. The van der Waals surface area contributed by atoms with E-state index in [4.69, 9.17) is 5.11 Å². The topological polar surface area (TPSA) is 37.3 Å². The third-order valence-corrected chi connectivity index (χ3v) is 2.74. The van der Waals surface area contributed by atoms with Gasteiger partial charge in [0.15, 0.2) is 0 Å². The molecule has 0 amide bonds. The van der Waals surface area contributed by atoms with E-state index >= 15 is 0 Å². The van der Waals surface area contributed by atoms with Gasteiger partial charge in [-0.3, -0.25) is 4.79 Å². The molecule has 0 aliphatic rings. The smallest absolute Gasteiger partial charge is 0.416 e. The molecule has 1 aromatic rings. The summed E-state index contributed by atoms with van der Waals surface area (Å²) in [4.78, 5) is 10.2. The lowest BCUT2D eigenvalue weighted by Gasteiger charge is -2.18. The summed E-state index contributed by atoms with van der Waals surface area (Å²) in [6.45, 7) is 0. The third-order valence-electron chi connectivity index (χ3n) is 2.74. The van der Waals surface area contributed by atoms with Gasteiger partial charge in [0, 0.05) is 18.4 Å². The molecule has 0 saturated heterocycles. The second-order valence-electron chi connectivity index (χ2n) is 4.38. The van der Waals surface area contributed by atoms with Gasteiger partial charge < -0.3 is 5.11 Å². The summed E-state index contributed by atoms with van der Waals surface area (Å²) < 4.78 is 64.8. The van der Waals surface area contributed by atoms with E-state index in [1.807, 2.05) is 0 Å². The maximum atomic E-state index is 13.7. The SMILES string of the molecule is O=C(O)CCCCC(F)(F)c1cccc(C(F)(F)F)c1. The minimum Gasteiger partial charge on any atom is -0.481 e. The van der Waals surface area contributed by atoms with Gasteiger partial charge in [-0.2, -0.15) is 13.2 Å². The number of alkyl halides is 5. The first kappa shape index (κ1) is 16.4. The minimum atomic E-state index is -4.67. The van der Waals surface area contributed by atoms with E-state index < -0.39 is 35.6 Å². The monoisotopic (exact) mass is 296 g/mol. The van der Waals surface area contributed by atoms with Gasteiger partial charge >= 0.3 is 12.1 Å². The number of carboxylic acid groups (broad SMARTS) is 1. The molecule has 1 rings (SSSR count). The fourth-order valence-electron chi connectivity index (χ4n) is 1.69. The van der Waals surface area contributed by atoms with Crippen molar-refractivity contribution in [2.75, 3.05) is 0 Å². The molecule has 0 spiro atoms. The maximum absolute atomic E-state index is 13.7. The van der Waals surface area contributed by atoms with E-state index in [-0.39, 0.29) is 19.3 Å². The molecule has 0 aliphatic carbocycles. The van der Waals surface area contributed by atoms with Crippen LogP contribution in [0.5, 0.6) is 0 Å². The first-order chi connectivity index (χ1) is 9.13. The Morgan fingerprint density at radius 1 is 1.05 bits per heavy atom. The molecule has 0 atom stereocenters. The molecule has 2 nitrogen and oxygen atoms in total. The molecule has 0 heterocycles. The molecule has 112 valence electrons. The Hall–Kier alpha value is -1.66. The van der Waals surface area contributed by atoms with Gasteiger partial charge in [-0.15, -0.1) is 0 Å². The fourth-order valence-corrected chi connectivity index (χ4v) is 1.69. The quantitative estimate of drug-likeness (QED) is 0.622. The van der Waals surface area contributed by atoms with Gasteiger partial charge in [0.2, 0.25) is 0 Å². The molecular weight excluding hydrogens is 283 g/mol. The molecule has 0 aromatic heterocycles. The summed E-state index contributed by atoms with van der Waals surface area (Å²) in [6, 6.07) is 3.02. The fraction of sp³-hybridized carbons (Fsp3) is 0.462. The number of halogens is 5. The van der Waals surface area contributed by atoms with Gasteiger partial charge in [-0.05, 0) is 25.0 Å². The molecule has 7 heteroatoms. The van der Waals surface area contributed by atoms with Gasteiger partial charge in [0.05, 0.1) is 5.56 Å². The van der Waals surface area contributed by atoms with Gasteiger partial charge in [-0.1, -0.05) is 12.1 Å². The van der Waals surface area contributed by atoms with E-state index in [0.29, 0.717) is 6.07 Å². The highest BCUT2D eigenvalue weighted by atomic mass is 19.4. The van der Waals surface area contributed by atoms with Crippen LogP contribution in [0.25, 0.3) is 0 Å². The Morgan fingerprint density at radius 3 is 2.20 bits per heavy atom. The molecule has 0 aliphatic heterocycles. The van der Waals surface area contributed by atoms with Crippen molar-refractivity contribution in [2.45, 2.75) is 37.8 Å². The second kappa shape index (κ2) is 6.19. The molecule has 0 fully saturated rings. The lowest BCUT2D eigenvalue weighted by atomic mass is 10.00. The highest BCUT2D eigenvalue weighted by Crippen LogP contribution is 2.37. The number of rotatable bonds is 6. The molecule has 0 radical (unpaired) electrons. The van der Waals surface area contributed by atoms with Crippen molar-refractivity contribution >= 4 is 5.97 Å². The van der Waals surface area contributed by atoms with Crippen LogP contribution in [0, 0.1) is 0 Å². The van der Waals surface area contributed by atoms with Crippen molar-refractivity contribution < 1.29 is 31.9 Å². The molecule has 1 N–H and O–H groups in total. The summed E-state index contributed by atoms with van der Waals surface area (Å²) >= 11 is 0. The zero-order valence-electron chi connectivity index (χ0n) is 10.4. The highest BCUT2D eigenvalue weighted by Gasteiger charge is 2.35. The number of benzene rings is 1. The largest absolute Gasteiger partial charge is 0.481 e. The number of carbonyl (C=O) groups is 1. The predicted molar refractivity (Wildman–Crippen MR) is 61.4 cm³/mol. The minimum absolute atomic E-state index is 0.0594. The third kappa shape index (κ3) is 4.79. The Bertz CT molecular complexity index is 468. The van der Waals surface area contributed by atoms with Crippen LogP contribution in [0.3, 0.4) is 0 Å². The molecule has 1 aromatic carbocycles. The second-order valence-corrected chi connectivity index (χ2v) is 4.38. The summed E-state index contributed by atoms with van der Waals surface area (Å²) in [6.07, 6.45) is -5.60. The Labute approximate surface area is 112 Å². The first-order valence-electron chi connectivity index (χ1n) is 5.90. The van der Waals surface area contributed by atoms with Crippen LogP contribution in [0.15, 0.2) is 24.3 Å². The standard InChI is InChI=1S/C13H13F5O2/c14-12(15,7-2-1-6-11(19)20)9-4-3-5-10(8-9)13(16,17)18/h3-5,8H,1-2,6-7H2,(H,19,20). The van der Waals surface area contributed by atoms with Crippen LogP contribution in [-0.4, -0.2) is 11.1 Å². The zero-order valence-corrected chi connectivity index (χ0v) is 10.4. The van der Waals surface area contributed by atoms with E-state index in [1.54, 1.807) is 0 Å². The van der Waals surface area contributed by atoms with Crippen molar-refractivity contribution in [1.82, 2.24) is 0 Å². The summed E-state index contributed by atoms with van der Waals surface area (Å²) in [5.41, 5.74) is -1.83. The average molecular weight is 296 g/mol. The van der Waals surface area contributed by atoms with E-state index in [9.17, 15) is 26.7 Å². The van der Waals surface area contributed by atoms with Crippen molar-refractivity contribution in [2.24, 2.45) is 0 Å². The molecule has 0 unspecified atom stereocenters. The van der Waals surface area contributed by atoms with Crippen LogP contribution in [-0.2, 0) is 16.9 Å². The molecule has 20 heavy (non-hydrogen) atoms. The van der Waals surface area contributed by atoms with Gasteiger partial charge in [-0.25, -0.2) is 8.78 Å². The molecular formula is C13H13F5O2. The first-order valence-corrected chi connectivity index (χ1v) is 5.90. The number of unbranched alkanes of at least 4 members (excludes halogenated alkanes) is 1. The summed E-state index contributed by atoms with van der Waals surface area (Å²) in [5.74, 6) is -4.49. The van der Waals surface area contributed by atoms with E-state index in [1.165, 1.54) is 0 Å². The van der Waals surface area contributed by atoms with E-state index in [0.717, 1.165) is 18.2 Å². The summed E-state index contributed by atoms with van der Waals surface area (Å²) in [5, 5.41) is 8.37. The summed E-state index contributed by atoms with van der Waals surface area (Å²) in [7, 11) is 0. The number of hydrogen-bond donors (Lipinski definition) is 1. The number of carboxylic acids is 1. The Balaban J connectivity index is 2.74. The van der Waals surface area contributed by atoms with Crippen LogP contribution < -0.4 is 0 Å². The van der Waals surface area contributed by atoms with E-state index in [2.05, 4.69) is 0 Å². The van der Waals surface area contributed by atoms with Crippen molar-refractivity contribution in [1.29, 1.82) is 0 Å². The van der Waals surface area contributed by atoms with Crippen LogP contribution >= 0.6 is 0 Å². The Morgan fingerprint density at radius 2 is 1.65 bits per heavy atom. The molecule has 0 bridgehead atoms. The van der Waals surface area contributed by atoms with Crippen LogP contribution in [0.2, 0.25) is 0 Å². The van der Waals surface area contributed by atoms with Crippen LogP contribution in [0.4, 0.5) is 22.0 Å². The lowest BCUT2D eigenvalue weighted by molar-refractivity contribution is -0.138. The lowest BCUT2D eigenvalue weighted by Crippen LogP contribution is -2.15.